The highest BCUT2D eigenvalue weighted by Crippen LogP contribution is 2.44. The summed E-state index contributed by atoms with van der Waals surface area (Å²) in [5, 5.41) is 23.0. The molecule has 0 aromatic carbocycles. The second-order valence-electron chi connectivity index (χ2n) is 14.3. The molecule has 1 saturated heterocycles. The van der Waals surface area contributed by atoms with Crippen LogP contribution in [0.2, 0.25) is 0 Å². The number of methoxy groups -OCH3 is 3. The van der Waals surface area contributed by atoms with Crippen molar-refractivity contribution in [2.45, 2.75) is 124 Å². The van der Waals surface area contributed by atoms with Crippen molar-refractivity contribution in [1.29, 1.82) is 0 Å². The maximum absolute atomic E-state index is 13.7. The Morgan fingerprint density at radius 3 is 2.25 bits per heavy atom. The third kappa shape index (κ3) is 10.5. The van der Waals surface area contributed by atoms with E-state index in [1.807, 2.05) is 73.6 Å². The van der Waals surface area contributed by atoms with Gasteiger partial charge in [0.2, 0.25) is 5.76 Å². The van der Waals surface area contributed by atoms with Crippen molar-refractivity contribution in [3.63, 3.8) is 0 Å². The Morgan fingerprint density at radius 1 is 1.06 bits per heavy atom. The second-order valence-corrected chi connectivity index (χ2v) is 14.3. The lowest BCUT2D eigenvalue weighted by Crippen LogP contribution is -2.60. The predicted octanol–water partition coefficient (Wildman–Crippen LogP) is 5.92. The van der Waals surface area contributed by atoms with E-state index in [9.17, 15) is 19.8 Å². The summed E-state index contributed by atoms with van der Waals surface area (Å²) < 4.78 is 35.9. The van der Waals surface area contributed by atoms with Crippen LogP contribution in [0.5, 0.6) is 0 Å². The summed E-state index contributed by atoms with van der Waals surface area (Å²) in [5.41, 5.74) is 1.80. The van der Waals surface area contributed by atoms with Crippen molar-refractivity contribution < 1.29 is 48.2 Å². The van der Waals surface area contributed by atoms with Gasteiger partial charge in [-0.15, -0.1) is 0 Å². The van der Waals surface area contributed by atoms with Crippen molar-refractivity contribution >= 4 is 11.9 Å². The molecule has 1 fully saturated rings. The highest BCUT2D eigenvalue weighted by molar-refractivity contribution is 5.87. The molecule has 48 heavy (non-hydrogen) atoms. The first kappa shape index (κ1) is 41.7. The Morgan fingerprint density at radius 2 is 1.71 bits per heavy atom. The molecular formula is C38H62O10. The van der Waals surface area contributed by atoms with Gasteiger partial charge in [0, 0.05) is 51.2 Å². The summed E-state index contributed by atoms with van der Waals surface area (Å²) in [7, 11) is 4.44. The molecular weight excluding hydrogens is 616 g/mol. The minimum Gasteiger partial charge on any atom is -0.490 e. The lowest BCUT2D eigenvalue weighted by Gasteiger charge is -2.51. The van der Waals surface area contributed by atoms with E-state index in [1.54, 1.807) is 19.1 Å². The van der Waals surface area contributed by atoms with Crippen LogP contribution in [0.3, 0.4) is 0 Å². The van der Waals surface area contributed by atoms with Crippen LogP contribution >= 0.6 is 0 Å². The van der Waals surface area contributed by atoms with Crippen molar-refractivity contribution in [2.75, 3.05) is 21.3 Å². The number of carbonyl (C=O) groups is 2. The Balaban J connectivity index is 2.59. The zero-order valence-corrected chi connectivity index (χ0v) is 31.4. The van der Waals surface area contributed by atoms with Crippen molar-refractivity contribution in [1.82, 2.24) is 0 Å². The summed E-state index contributed by atoms with van der Waals surface area (Å²) >= 11 is 0. The zero-order valence-electron chi connectivity index (χ0n) is 31.4. The van der Waals surface area contributed by atoms with Gasteiger partial charge >= 0.3 is 11.9 Å². The quantitative estimate of drug-likeness (QED) is 0.284. The molecule has 12 unspecified atom stereocenters. The third-order valence-electron chi connectivity index (χ3n) is 10.1. The summed E-state index contributed by atoms with van der Waals surface area (Å²) in [5.74, 6) is -3.98. The van der Waals surface area contributed by atoms with Gasteiger partial charge in [0.05, 0.1) is 25.4 Å². The minimum absolute atomic E-state index is 0.00564. The Kier molecular flexibility index (Phi) is 16.0. The van der Waals surface area contributed by atoms with Crippen molar-refractivity contribution in [3.8, 4) is 0 Å². The summed E-state index contributed by atoms with van der Waals surface area (Å²) in [4.78, 5) is 25.7. The largest absolute Gasteiger partial charge is 0.490 e. The predicted molar refractivity (Wildman–Crippen MR) is 184 cm³/mol. The molecule has 10 nitrogen and oxygen atoms in total. The van der Waals surface area contributed by atoms with E-state index in [4.69, 9.17) is 28.4 Å². The highest BCUT2D eigenvalue weighted by Gasteiger charge is 2.54. The smallest absolute Gasteiger partial charge is 0.373 e. The van der Waals surface area contributed by atoms with Gasteiger partial charge in [-0.3, -0.25) is 4.79 Å². The van der Waals surface area contributed by atoms with Gasteiger partial charge in [0.25, 0.3) is 0 Å². The number of rotatable bonds is 9. The maximum Gasteiger partial charge on any atom is 0.373 e. The first-order valence-electron chi connectivity index (χ1n) is 17.2. The average molecular weight is 679 g/mol. The zero-order chi connectivity index (χ0) is 36.5. The summed E-state index contributed by atoms with van der Waals surface area (Å²) in [6, 6.07) is 0. The molecule has 0 bridgehead atoms. The van der Waals surface area contributed by atoms with E-state index >= 15 is 0 Å². The number of ether oxygens (including phenoxy) is 6. The van der Waals surface area contributed by atoms with E-state index in [0.717, 1.165) is 11.1 Å². The van der Waals surface area contributed by atoms with Crippen molar-refractivity contribution in [3.05, 3.63) is 47.3 Å². The van der Waals surface area contributed by atoms with Crippen LogP contribution in [0.15, 0.2) is 47.3 Å². The molecule has 0 aromatic rings. The first-order valence-corrected chi connectivity index (χ1v) is 17.2. The summed E-state index contributed by atoms with van der Waals surface area (Å²) in [6.07, 6.45) is 5.79. The number of esters is 2. The molecule has 0 spiro atoms. The van der Waals surface area contributed by atoms with Crippen molar-refractivity contribution in [2.24, 2.45) is 35.5 Å². The number of aliphatic hydroxyl groups is 2. The molecule has 0 aliphatic carbocycles. The molecule has 2 rings (SSSR count). The van der Waals surface area contributed by atoms with Crippen LogP contribution < -0.4 is 0 Å². The Hall–Kier alpha value is -2.50. The lowest BCUT2D eigenvalue weighted by molar-refractivity contribution is -0.339. The fourth-order valence-electron chi connectivity index (χ4n) is 7.18. The molecule has 2 aliphatic rings. The minimum atomic E-state index is -1.30. The molecule has 0 saturated carbocycles. The Bertz CT molecular complexity index is 1190. The first-order chi connectivity index (χ1) is 22.4. The third-order valence-corrected chi connectivity index (χ3v) is 10.1. The van der Waals surface area contributed by atoms with Gasteiger partial charge < -0.3 is 38.6 Å². The molecule has 2 N–H and O–H groups in total. The summed E-state index contributed by atoms with van der Waals surface area (Å²) in [6.45, 7) is 18.9. The molecule has 10 heteroatoms. The molecule has 2 aliphatic heterocycles. The van der Waals surface area contributed by atoms with Gasteiger partial charge in [0.1, 0.15) is 18.3 Å². The average Bonchev–Trinajstić information content (AvgIpc) is 3.03. The fraction of sp³-hybridized carbons (Fsp3) is 0.737. The highest BCUT2D eigenvalue weighted by atomic mass is 16.7. The normalized spacial score (nSPS) is 34.7. The molecule has 274 valence electrons. The van der Waals surface area contributed by atoms with Gasteiger partial charge in [0.15, 0.2) is 5.79 Å². The molecule has 0 amide bonds. The second kappa shape index (κ2) is 18.5. The number of carbonyl (C=O) groups excluding carboxylic acids is 2. The number of hydrogen-bond donors (Lipinski definition) is 2. The topological polar surface area (TPSA) is 130 Å². The number of cyclic esters (lactones) is 1. The molecule has 2 heterocycles. The van der Waals surface area contributed by atoms with Crippen LogP contribution in [-0.4, -0.2) is 85.9 Å². The Labute approximate surface area is 288 Å². The number of aliphatic hydroxyl groups excluding tert-OH is 2. The monoisotopic (exact) mass is 678 g/mol. The van der Waals surface area contributed by atoms with Gasteiger partial charge in [-0.2, -0.15) is 0 Å². The van der Waals surface area contributed by atoms with Crippen LogP contribution in [0.4, 0.5) is 0 Å². The molecule has 12 atom stereocenters. The van der Waals surface area contributed by atoms with Crippen LogP contribution in [0.25, 0.3) is 0 Å². The molecule has 0 radical (unpaired) electrons. The van der Waals surface area contributed by atoms with Gasteiger partial charge in [-0.05, 0) is 38.2 Å². The van der Waals surface area contributed by atoms with E-state index in [0.29, 0.717) is 6.42 Å². The van der Waals surface area contributed by atoms with Crippen LogP contribution in [-0.2, 0) is 38.0 Å². The lowest BCUT2D eigenvalue weighted by atomic mass is 9.76. The van der Waals surface area contributed by atoms with Gasteiger partial charge in [-0.25, -0.2) is 4.79 Å². The van der Waals surface area contributed by atoms with E-state index in [-0.39, 0.29) is 42.0 Å². The molecule has 0 aromatic heterocycles. The standard InChI is InChI=1S/C38H62O10/c1-21(2)35-26(7)32(46-29(10)39)20-38(45-13,48-35)28(9)34(41)27(8)36-30(43-11)16-14-15-22(3)17-24(5)33(40)25(6)18-23(4)19-31(44-12)37(42)47-36/h14-16,18-19,21,24-28,30,32-36,40-41H,17,20H2,1-13H3. The van der Waals surface area contributed by atoms with E-state index in [2.05, 4.69) is 0 Å². The maximum atomic E-state index is 13.7. The van der Waals surface area contributed by atoms with Crippen LogP contribution in [0, 0.1) is 35.5 Å². The number of hydrogen-bond acceptors (Lipinski definition) is 10. The fourth-order valence-corrected chi connectivity index (χ4v) is 7.18. The van der Waals surface area contributed by atoms with Crippen LogP contribution in [0.1, 0.15) is 82.1 Å². The number of allylic oxidation sites excluding steroid dienone is 5. The van der Waals surface area contributed by atoms with Gasteiger partial charge in [-0.1, -0.05) is 83.9 Å². The van der Waals surface area contributed by atoms with E-state index < -0.39 is 60.1 Å². The SMILES string of the molecule is COC1=CC(C)=CC(C)C(O)C(C)CC(C)=CC=CC(OC)C(C(C)C(O)C(C)C2(OC)CC(OC(C)=O)C(C)C(C(C)C)O2)OC1=O. The van der Waals surface area contributed by atoms with E-state index in [1.165, 1.54) is 28.3 Å².